The number of rotatable bonds is 5. The van der Waals surface area contributed by atoms with Crippen LogP contribution in [0.2, 0.25) is 0 Å². The Labute approximate surface area is 158 Å². The van der Waals surface area contributed by atoms with Gasteiger partial charge in [-0.25, -0.2) is 9.78 Å². The summed E-state index contributed by atoms with van der Waals surface area (Å²) < 4.78 is 7.02. The number of aryl methyl sites for hydroxylation is 2. The quantitative estimate of drug-likeness (QED) is 0.693. The van der Waals surface area contributed by atoms with Crippen molar-refractivity contribution in [2.75, 3.05) is 5.32 Å². The molecular formula is C21H23N3O3. The van der Waals surface area contributed by atoms with Crippen LogP contribution in [0.5, 0.6) is 0 Å². The van der Waals surface area contributed by atoms with Gasteiger partial charge in [-0.1, -0.05) is 19.1 Å². The Kier molecular flexibility index (Phi) is 5.26. The van der Waals surface area contributed by atoms with Crippen LogP contribution >= 0.6 is 0 Å². The number of benzene rings is 1. The van der Waals surface area contributed by atoms with Crippen molar-refractivity contribution in [3.05, 3.63) is 65.1 Å². The van der Waals surface area contributed by atoms with Gasteiger partial charge in [0.1, 0.15) is 11.3 Å². The number of amides is 1. The number of nitrogens with one attached hydrogen (secondary N) is 1. The minimum absolute atomic E-state index is 0.204. The van der Waals surface area contributed by atoms with Gasteiger partial charge in [-0.2, -0.15) is 0 Å². The molecule has 0 aliphatic rings. The summed E-state index contributed by atoms with van der Waals surface area (Å²) in [5.74, 6) is -0.680. The van der Waals surface area contributed by atoms with E-state index >= 15 is 0 Å². The van der Waals surface area contributed by atoms with E-state index in [1.807, 2.05) is 32.2 Å². The van der Waals surface area contributed by atoms with E-state index in [4.69, 9.17) is 4.74 Å². The molecule has 0 saturated carbocycles. The van der Waals surface area contributed by atoms with Gasteiger partial charge in [-0.15, -0.1) is 0 Å². The number of imidazole rings is 1. The largest absolute Gasteiger partial charge is 0.459 e. The molecule has 6 heteroatoms. The molecule has 140 valence electrons. The Morgan fingerprint density at radius 2 is 2.00 bits per heavy atom. The molecule has 0 unspecified atom stereocenters. The first-order valence-corrected chi connectivity index (χ1v) is 8.99. The standard InChI is InChI=1S/C21H23N3O3/c1-5-17-18(24-11-7-8-14(4)19(24)23-17)20(25)22-16-10-6-9-15(12-16)21(26)27-13(2)3/h6-13H,5H2,1-4H3,(H,22,25). The Morgan fingerprint density at radius 3 is 2.70 bits per heavy atom. The molecule has 0 spiro atoms. The van der Waals surface area contributed by atoms with Crippen molar-refractivity contribution in [1.29, 1.82) is 0 Å². The first kappa shape index (κ1) is 18.6. The van der Waals surface area contributed by atoms with Crippen LogP contribution in [0.15, 0.2) is 42.6 Å². The minimum atomic E-state index is -0.416. The zero-order chi connectivity index (χ0) is 19.6. The average Bonchev–Trinajstić information content (AvgIpc) is 3.01. The molecule has 27 heavy (non-hydrogen) atoms. The molecule has 0 saturated heterocycles. The molecule has 0 aliphatic heterocycles. The maximum absolute atomic E-state index is 13.0. The number of ether oxygens (including phenoxy) is 1. The van der Waals surface area contributed by atoms with Gasteiger partial charge >= 0.3 is 5.97 Å². The maximum Gasteiger partial charge on any atom is 0.338 e. The molecule has 1 aromatic carbocycles. The third-order valence-corrected chi connectivity index (χ3v) is 4.17. The van der Waals surface area contributed by atoms with Crippen LogP contribution in [0.3, 0.4) is 0 Å². The monoisotopic (exact) mass is 365 g/mol. The van der Waals surface area contributed by atoms with Gasteiger partial charge in [0.2, 0.25) is 0 Å². The van der Waals surface area contributed by atoms with Crippen molar-refractivity contribution in [3.8, 4) is 0 Å². The Hall–Kier alpha value is -3.15. The molecule has 0 fully saturated rings. The maximum atomic E-state index is 13.0. The fourth-order valence-corrected chi connectivity index (χ4v) is 2.93. The van der Waals surface area contributed by atoms with Gasteiger partial charge in [0.25, 0.3) is 5.91 Å². The second kappa shape index (κ2) is 7.61. The number of pyridine rings is 1. The molecule has 0 radical (unpaired) electrons. The van der Waals surface area contributed by atoms with Gasteiger partial charge in [-0.3, -0.25) is 9.20 Å². The fourth-order valence-electron chi connectivity index (χ4n) is 2.93. The van der Waals surface area contributed by atoms with Crippen molar-refractivity contribution >= 4 is 23.2 Å². The van der Waals surface area contributed by atoms with Crippen LogP contribution < -0.4 is 5.32 Å². The highest BCUT2D eigenvalue weighted by Crippen LogP contribution is 2.19. The van der Waals surface area contributed by atoms with E-state index in [9.17, 15) is 9.59 Å². The van der Waals surface area contributed by atoms with Gasteiger partial charge < -0.3 is 10.1 Å². The van der Waals surface area contributed by atoms with Gasteiger partial charge in [-0.05, 0) is 57.0 Å². The topological polar surface area (TPSA) is 72.7 Å². The highest BCUT2D eigenvalue weighted by atomic mass is 16.5. The zero-order valence-electron chi connectivity index (χ0n) is 15.9. The van der Waals surface area contributed by atoms with Crippen molar-refractivity contribution < 1.29 is 14.3 Å². The molecule has 2 aromatic heterocycles. The Balaban J connectivity index is 1.91. The van der Waals surface area contributed by atoms with Crippen molar-refractivity contribution in [1.82, 2.24) is 9.38 Å². The molecule has 1 N–H and O–H groups in total. The zero-order valence-corrected chi connectivity index (χ0v) is 15.9. The smallest absolute Gasteiger partial charge is 0.338 e. The lowest BCUT2D eigenvalue weighted by Gasteiger charge is -2.10. The summed E-state index contributed by atoms with van der Waals surface area (Å²) in [5.41, 5.74) is 3.94. The SMILES string of the molecule is CCc1nc2c(C)cccn2c1C(=O)Nc1cccc(C(=O)OC(C)C)c1. The lowest BCUT2D eigenvalue weighted by molar-refractivity contribution is 0.0377. The summed E-state index contributed by atoms with van der Waals surface area (Å²) in [6.45, 7) is 7.52. The van der Waals surface area contributed by atoms with Crippen molar-refractivity contribution in [2.24, 2.45) is 0 Å². The van der Waals surface area contributed by atoms with Crippen LogP contribution in [-0.4, -0.2) is 27.4 Å². The lowest BCUT2D eigenvalue weighted by Crippen LogP contribution is -2.17. The number of carbonyl (C=O) groups excluding carboxylic acids is 2. The van der Waals surface area contributed by atoms with E-state index < -0.39 is 5.97 Å². The van der Waals surface area contributed by atoms with Gasteiger partial charge in [0.15, 0.2) is 0 Å². The summed E-state index contributed by atoms with van der Waals surface area (Å²) in [7, 11) is 0. The van der Waals surface area contributed by atoms with Crippen LogP contribution in [0, 0.1) is 6.92 Å². The predicted octanol–water partition coefficient (Wildman–Crippen LogP) is 4.02. The number of hydrogen-bond donors (Lipinski definition) is 1. The number of anilines is 1. The van der Waals surface area contributed by atoms with Gasteiger partial charge in [0, 0.05) is 11.9 Å². The molecule has 6 nitrogen and oxygen atoms in total. The van der Waals surface area contributed by atoms with E-state index in [2.05, 4.69) is 10.3 Å². The summed E-state index contributed by atoms with van der Waals surface area (Å²) >= 11 is 0. The minimum Gasteiger partial charge on any atom is -0.459 e. The lowest BCUT2D eigenvalue weighted by atomic mass is 10.2. The molecule has 3 aromatic rings. The Bertz CT molecular complexity index is 1010. The van der Waals surface area contributed by atoms with Crippen molar-refractivity contribution in [3.63, 3.8) is 0 Å². The summed E-state index contributed by atoms with van der Waals surface area (Å²) in [4.78, 5) is 29.6. The molecule has 2 heterocycles. The van der Waals surface area contributed by atoms with Crippen LogP contribution in [0.1, 0.15) is 52.9 Å². The second-order valence-electron chi connectivity index (χ2n) is 6.63. The molecule has 0 atom stereocenters. The number of hydrogen-bond acceptors (Lipinski definition) is 4. The molecule has 3 rings (SSSR count). The summed E-state index contributed by atoms with van der Waals surface area (Å²) in [6.07, 6.45) is 2.27. The van der Waals surface area contributed by atoms with E-state index in [1.54, 1.807) is 42.5 Å². The third kappa shape index (κ3) is 3.84. The van der Waals surface area contributed by atoms with Gasteiger partial charge in [0.05, 0.1) is 17.4 Å². The highest BCUT2D eigenvalue weighted by Gasteiger charge is 2.19. The van der Waals surface area contributed by atoms with E-state index in [0.717, 1.165) is 16.9 Å². The second-order valence-corrected chi connectivity index (χ2v) is 6.63. The number of esters is 1. The summed E-state index contributed by atoms with van der Waals surface area (Å²) in [5, 5.41) is 2.87. The highest BCUT2D eigenvalue weighted by molar-refractivity contribution is 6.05. The molecule has 0 aliphatic carbocycles. The average molecular weight is 365 g/mol. The van der Waals surface area contributed by atoms with E-state index in [0.29, 0.717) is 23.4 Å². The third-order valence-electron chi connectivity index (χ3n) is 4.17. The Morgan fingerprint density at radius 1 is 1.22 bits per heavy atom. The molecule has 0 bridgehead atoms. The van der Waals surface area contributed by atoms with Crippen LogP contribution in [0.25, 0.3) is 5.65 Å². The summed E-state index contributed by atoms with van der Waals surface area (Å²) in [6, 6.07) is 10.6. The molecular weight excluding hydrogens is 342 g/mol. The predicted molar refractivity (Wildman–Crippen MR) is 104 cm³/mol. The van der Waals surface area contributed by atoms with Crippen LogP contribution in [0.4, 0.5) is 5.69 Å². The normalized spacial score (nSPS) is 11.0. The van der Waals surface area contributed by atoms with E-state index in [1.165, 1.54) is 0 Å². The number of nitrogens with zero attached hydrogens (tertiary/aromatic N) is 2. The molecule has 1 amide bonds. The number of fused-ring (bicyclic) bond motifs is 1. The number of carbonyl (C=O) groups is 2. The fraction of sp³-hybridized carbons (Fsp3) is 0.286. The first-order chi connectivity index (χ1) is 12.9. The number of aromatic nitrogens is 2. The van der Waals surface area contributed by atoms with E-state index in [-0.39, 0.29) is 12.0 Å². The first-order valence-electron chi connectivity index (χ1n) is 8.99. The van der Waals surface area contributed by atoms with Crippen molar-refractivity contribution in [2.45, 2.75) is 40.2 Å². The van der Waals surface area contributed by atoms with Crippen LogP contribution in [-0.2, 0) is 11.2 Å².